The first-order valence-corrected chi connectivity index (χ1v) is 6.02. The zero-order chi connectivity index (χ0) is 13.8. The Kier molecular flexibility index (Phi) is 4.99. The molecule has 1 rings (SSSR count). The Morgan fingerprint density at radius 2 is 1.94 bits per heavy atom. The molecule has 1 aromatic carbocycles. The van der Waals surface area contributed by atoms with Gasteiger partial charge in [0.15, 0.2) is 6.73 Å². The first-order valence-electron chi connectivity index (χ1n) is 5.65. The highest BCUT2D eigenvalue weighted by molar-refractivity contribution is 6.30. The standard InChI is InChI=1S/C13H18ClNO3/c1-13(2,3)11(16)12(17)15-8-18-10-6-4-9(14)5-7-10/h4-7,11,16H,8H2,1-3H3,(H,15,17). The molecule has 1 amide bonds. The summed E-state index contributed by atoms with van der Waals surface area (Å²) in [6.07, 6.45) is -1.06. The maximum absolute atomic E-state index is 11.6. The van der Waals surface area contributed by atoms with E-state index in [9.17, 15) is 9.90 Å². The van der Waals surface area contributed by atoms with Gasteiger partial charge in [0.25, 0.3) is 5.91 Å². The SMILES string of the molecule is CC(C)(C)C(O)C(=O)NCOc1ccc(Cl)cc1. The molecule has 0 aromatic heterocycles. The van der Waals surface area contributed by atoms with Gasteiger partial charge in [-0.15, -0.1) is 0 Å². The Labute approximate surface area is 112 Å². The van der Waals surface area contributed by atoms with E-state index in [1.54, 1.807) is 45.0 Å². The van der Waals surface area contributed by atoms with Crippen molar-refractivity contribution in [1.82, 2.24) is 5.32 Å². The normalized spacial score (nSPS) is 12.9. The molecule has 0 heterocycles. The Morgan fingerprint density at radius 1 is 1.39 bits per heavy atom. The molecule has 1 unspecified atom stereocenters. The van der Waals surface area contributed by atoms with Crippen LogP contribution in [0.25, 0.3) is 0 Å². The van der Waals surface area contributed by atoms with Gasteiger partial charge < -0.3 is 15.2 Å². The number of nitrogens with one attached hydrogen (secondary N) is 1. The van der Waals surface area contributed by atoms with Gasteiger partial charge in [-0.25, -0.2) is 0 Å². The zero-order valence-corrected chi connectivity index (χ0v) is 11.5. The average Bonchev–Trinajstić information content (AvgIpc) is 2.29. The van der Waals surface area contributed by atoms with Crippen LogP contribution < -0.4 is 10.1 Å². The first kappa shape index (κ1) is 14.8. The van der Waals surface area contributed by atoms with Crippen LogP contribution >= 0.6 is 11.6 Å². The Bertz CT molecular complexity index is 398. The first-order chi connectivity index (χ1) is 8.30. The average molecular weight is 272 g/mol. The molecule has 100 valence electrons. The number of amides is 1. The summed E-state index contributed by atoms with van der Waals surface area (Å²) in [6, 6.07) is 6.80. The summed E-state index contributed by atoms with van der Waals surface area (Å²) in [5.41, 5.74) is -0.496. The monoisotopic (exact) mass is 271 g/mol. The zero-order valence-electron chi connectivity index (χ0n) is 10.7. The van der Waals surface area contributed by atoms with Crippen LogP contribution in [0, 0.1) is 5.41 Å². The van der Waals surface area contributed by atoms with Crippen molar-refractivity contribution in [1.29, 1.82) is 0 Å². The number of carbonyl (C=O) groups is 1. The molecule has 0 spiro atoms. The van der Waals surface area contributed by atoms with Crippen molar-refractivity contribution in [2.75, 3.05) is 6.73 Å². The van der Waals surface area contributed by atoms with Crippen LogP contribution in [0.3, 0.4) is 0 Å². The Balaban J connectivity index is 2.38. The molecule has 0 aliphatic heterocycles. The van der Waals surface area contributed by atoms with Crippen molar-refractivity contribution >= 4 is 17.5 Å². The number of ether oxygens (including phenoxy) is 1. The molecule has 18 heavy (non-hydrogen) atoms. The minimum absolute atomic E-state index is 0.00755. The number of halogens is 1. The van der Waals surface area contributed by atoms with Crippen molar-refractivity contribution in [3.05, 3.63) is 29.3 Å². The quantitative estimate of drug-likeness (QED) is 0.826. The summed E-state index contributed by atoms with van der Waals surface area (Å²) in [4.78, 5) is 11.6. The molecular weight excluding hydrogens is 254 g/mol. The maximum Gasteiger partial charge on any atom is 0.251 e. The summed E-state index contributed by atoms with van der Waals surface area (Å²) in [5, 5.41) is 12.8. The lowest BCUT2D eigenvalue weighted by atomic mass is 9.89. The van der Waals surface area contributed by atoms with E-state index in [2.05, 4.69) is 5.32 Å². The fraction of sp³-hybridized carbons (Fsp3) is 0.462. The van der Waals surface area contributed by atoms with Gasteiger partial charge in [-0.3, -0.25) is 4.79 Å². The molecule has 0 fully saturated rings. The van der Waals surface area contributed by atoms with Gasteiger partial charge in [-0.1, -0.05) is 32.4 Å². The van der Waals surface area contributed by atoms with Crippen LogP contribution in [-0.4, -0.2) is 23.8 Å². The third kappa shape index (κ3) is 4.55. The highest BCUT2D eigenvalue weighted by Crippen LogP contribution is 2.19. The van der Waals surface area contributed by atoms with Gasteiger partial charge in [-0.2, -0.15) is 0 Å². The largest absolute Gasteiger partial charge is 0.473 e. The molecule has 0 radical (unpaired) electrons. The van der Waals surface area contributed by atoms with Gasteiger partial charge in [0.2, 0.25) is 0 Å². The van der Waals surface area contributed by atoms with Crippen LogP contribution in [0.5, 0.6) is 5.75 Å². The molecule has 0 bridgehead atoms. The minimum atomic E-state index is -1.06. The van der Waals surface area contributed by atoms with Crippen molar-refractivity contribution in [3.8, 4) is 5.75 Å². The van der Waals surface area contributed by atoms with Gasteiger partial charge in [0.05, 0.1) is 0 Å². The van der Waals surface area contributed by atoms with Crippen LogP contribution in [-0.2, 0) is 4.79 Å². The molecule has 0 saturated carbocycles. The molecule has 0 aliphatic carbocycles. The maximum atomic E-state index is 11.6. The summed E-state index contributed by atoms with van der Waals surface area (Å²) in [7, 11) is 0. The second kappa shape index (κ2) is 6.07. The molecule has 2 N–H and O–H groups in total. The summed E-state index contributed by atoms with van der Waals surface area (Å²) in [5.74, 6) is 0.154. The summed E-state index contributed by atoms with van der Waals surface area (Å²) < 4.78 is 5.29. The number of hydrogen-bond acceptors (Lipinski definition) is 3. The van der Waals surface area contributed by atoms with E-state index >= 15 is 0 Å². The number of benzene rings is 1. The van der Waals surface area contributed by atoms with Crippen LogP contribution in [0.2, 0.25) is 5.02 Å². The van der Waals surface area contributed by atoms with E-state index in [0.717, 1.165) is 0 Å². The van der Waals surface area contributed by atoms with Crippen LogP contribution in [0.15, 0.2) is 24.3 Å². The van der Waals surface area contributed by atoms with Gasteiger partial charge in [0, 0.05) is 5.02 Å². The van der Waals surface area contributed by atoms with Crippen molar-refractivity contribution < 1.29 is 14.6 Å². The molecule has 4 nitrogen and oxygen atoms in total. The minimum Gasteiger partial charge on any atom is -0.473 e. The number of hydrogen-bond donors (Lipinski definition) is 2. The second-order valence-corrected chi connectivity index (χ2v) is 5.49. The Morgan fingerprint density at radius 3 is 2.44 bits per heavy atom. The smallest absolute Gasteiger partial charge is 0.251 e. The topological polar surface area (TPSA) is 58.6 Å². The van der Waals surface area contributed by atoms with E-state index < -0.39 is 17.4 Å². The van der Waals surface area contributed by atoms with Crippen molar-refractivity contribution in [2.45, 2.75) is 26.9 Å². The van der Waals surface area contributed by atoms with E-state index in [1.807, 2.05) is 0 Å². The predicted octanol–water partition coefficient (Wildman–Crippen LogP) is 2.20. The summed E-state index contributed by atoms with van der Waals surface area (Å²) >= 11 is 5.73. The highest BCUT2D eigenvalue weighted by atomic mass is 35.5. The predicted molar refractivity (Wildman–Crippen MR) is 70.6 cm³/mol. The molecular formula is C13H18ClNO3. The van der Waals surface area contributed by atoms with Gasteiger partial charge in [0.1, 0.15) is 11.9 Å². The lowest BCUT2D eigenvalue weighted by molar-refractivity contribution is -0.135. The second-order valence-electron chi connectivity index (χ2n) is 5.05. The summed E-state index contributed by atoms with van der Waals surface area (Å²) in [6.45, 7) is 5.37. The molecule has 0 aliphatic rings. The van der Waals surface area contributed by atoms with E-state index in [-0.39, 0.29) is 6.73 Å². The molecule has 0 saturated heterocycles. The van der Waals surface area contributed by atoms with Crippen LogP contribution in [0.1, 0.15) is 20.8 Å². The lowest BCUT2D eigenvalue weighted by Crippen LogP contribution is -2.43. The Hall–Kier alpha value is -1.26. The van der Waals surface area contributed by atoms with Gasteiger partial charge in [-0.05, 0) is 29.7 Å². The number of aliphatic hydroxyl groups is 1. The van der Waals surface area contributed by atoms with Gasteiger partial charge >= 0.3 is 0 Å². The number of aliphatic hydroxyl groups excluding tert-OH is 1. The van der Waals surface area contributed by atoms with Crippen molar-refractivity contribution in [3.63, 3.8) is 0 Å². The lowest BCUT2D eigenvalue weighted by Gasteiger charge is -2.24. The third-order valence-corrected chi connectivity index (χ3v) is 2.62. The number of rotatable bonds is 4. The molecule has 5 heteroatoms. The van der Waals surface area contributed by atoms with E-state index in [1.165, 1.54) is 0 Å². The van der Waals surface area contributed by atoms with E-state index in [4.69, 9.17) is 16.3 Å². The van der Waals surface area contributed by atoms with Crippen molar-refractivity contribution in [2.24, 2.45) is 5.41 Å². The third-order valence-electron chi connectivity index (χ3n) is 2.37. The van der Waals surface area contributed by atoms with Crippen LogP contribution in [0.4, 0.5) is 0 Å². The highest BCUT2D eigenvalue weighted by Gasteiger charge is 2.28. The molecule has 1 atom stereocenters. The van der Waals surface area contributed by atoms with E-state index in [0.29, 0.717) is 10.8 Å². The molecule has 1 aromatic rings. The fourth-order valence-electron chi connectivity index (χ4n) is 1.21. The fourth-order valence-corrected chi connectivity index (χ4v) is 1.34. The number of carbonyl (C=O) groups excluding carboxylic acids is 1.